The number of rotatable bonds is 0. The monoisotopic (exact) mass is 218 g/mol. The third-order valence-corrected chi connectivity index (χ3v) is 0. The summed E-state index contributed by atoms with van der Waals surface area (Å²) >= 11 is 0.291. The first-order valence-electron chi connectivity index (χ1n) is 2.41. The van der Waals surface area contributed by atoms with Gasteiger partial charge < -0.3 is 4.79 Å². The molecule has 0 fully saturated rings. The van der Waals surface area contributed by atoms with Crippen LogP contribution in [-0.2, 0) is 9.59 Å². The molecule has 0 atom stereocenters. The van der Waals surface area contributed by atoms with Gasteiger partial charge in [-0.15, -0.1) is 0 Å². The number of carbonyl (C=O) groups is 2. The van der Waals surface area contributed by atoms with Crippen molar-refractivity contribution in [1.29, 1.82) is 0 Å². The van der Waals surface area contributed by atoms with Gasteiger partial charge in [0.15, 0.2) is 0 Å². The molecular formula is C5H11InO2. The summed E-state index contributed by atoms with van der Waals surface area (Å²) in [4.78, 5) is 19.0. The topological polar surface area (TPSA) is 34.1 Å². The van der Waals surface area contributed by atoms with E-state index in [1.807, 2.05) is 0 Å². The van der Waals surface area contributed by atoms with Crippen molar-refractivity contribution in [3.63, 3.8) is 0 Å². The van der Waals surface area contributed by atoms with E-state index in [-0.39, 0.29) is 5.78 Å². The Morgan fingerprint density at radius 3 is 1.12 bits per heavy atom. The van der Waals surface area contributed by atoms with Crippen molar-refractivity contribution in [2.24, 2.45) is 0 Å². The van der Waals surface area contributed by atoms with Crippen molar-refractivity contribution in [2.45, 2.75) is 20.8 Å². The van der Waals surface area contributed by atoms with Gasteiger partial charge in [0.05, 0.1) is 0 Å². The molecule has 0 aliphatic carbocycles. The van der Waals surface area contributed by atoms with Crippen LogP contribution in [0.15, 0.2) is 0 Å². The molecular weight excluding hydrogens is 207 g/mol. The molecule has 2 nitrogen and oxygen atoms in total. The number of ketones is 1. The standard InChI is InChI=1S/C3H6O.C2H3O.In.2H/c1-3(2)4;1-2-3;;;/h1-2H3;1H3;;;. The molecule has 0 aromatic carbocycles. The molecule has 0 aromatic rings. The van der Waals surface area contributed by atoms with E-state index in [1.54, 1.807) is 6.92 Å². The van der Waals surface area contributed by atoms with E-state index in [0.717, 1.165) is 0 Å². The normalized spacial score (nSPS) is 6.38. The summed E-state index contributed by atoms with van der Waals surface area (Å²) in [5.41, 5.74) is 0. The van der Waals surface area contributed by atoms with Gasteiger partial charge in [-0.25, -0.2) is 0 Å². The summed E-state index contributed by atoms with van der Waals surface area (Å²) in [6, 6.07) is 0. The summed E-state index contributed by atoms with van der Waals surface area (Å²) in [6.45, 7) is 4.68. The maximum atomic E-state index is 9.54. The van der Waals surface area contributed by atoms with E-state index in [4.69, 9.17) is 0 Å². The molecule has 0 saturated heterocycles. The van der Waals surface area contributed by atoms with Crippen LogP contribution in [-0.4, -0.2) is 33.7 Å². The molecule has 3 heteroatoms. The quantitative estimate of drug-likeness (QED) is 0.562. The average molecular weight is 218 g/mol. The van der Waals surface area contributed by atoms with Crippen molar-refractivity contribution in [1.82, 2.24) is 0 Å². The molecule has 46 valence electrons. The number of hydrogen-bond donors (Lipinski definition) is 0. The van der Waals surface area contributed by atoms with Crippen LogP contribution in [0.25, 0.3) is 0 Å². The van der Waals surface area contributed by atoms with Gasteiger partial charge in [-0.1, -0.05) is 0 Å². The van der Waals surface area contributed by atoms with E-state index in [0.29, 0.717) is 27.9 Å². The molecule has 0 saturated carbocycles. The van der Waals surface area contributed by atoms with Crippen molar-refractivity contribution in [3.05, 3.63) is 0 Å². The van der Waals surface area contributed by atoms with Crippen molar-refractivity contribution < 1.29 is 9.59 Å². The predicted molar refractivity (Wildman–Crippen MR) is 35.6 cm³/mol. The number of Topliss-reactive ketones (excluding diaryl/α,β-unsaturated/α-hetero) is 1. The van der Waals surface area contributed by atoms with Gasteiger partial charge in [-0.3, -0.25) is 0 Å². The second kappa shape index (κ2) is 7.21. The van der Waals surface area contributed by atoms with E-state index >= 15 is 0 Å². The van der Waals surface area contributed by atoms with Crippen LogP contribution in [0.5, 0.6) is 0 Å². The Kier molecular flexibility index (Phi) is 9.97. The molecule has 0 radical (unpaired) electrons. The molecule has 0 aromatic heterocycles. The Bertz CT molecular complexity index is 68.4. The maximum absolute atomic E-state index is 9.54. The van der Waals surface area contributed by atoms with E-state index in [1.165, 1.54) is 13.8 Å². The molecule has 0 heterocycles. The van der Waals surface area contributed by atoms with E-state index < -0.39 is 0 Å². The first-order chi connectivity index (χ1) is 3.46. The van der Waals surface area contributed by atoms with Gasteiger partial charge in [0.1, 0.15) is 5.78 Å². The Morgan fingerprint density at radius 1 is 1.12 bits per heavy atom. The molecule has 0 aliphatic heterocycles. The fourth-order valence-electron chi connectivity index (χ4n) is 0. The van der Waals surface area contributed by atoms with Crippen LogP contribution in [0.2, 0.25) is 0 Å². The fourth-order valence-corrected chi connectivity index (χ4v) is 0. The third kappa shape index (κ3) is 3820. The van der Waals surface area contributed by atoms with Crippen molar-refractivity contribution in [2.75, 3.05) is 0 Å². The molecule has 8 heavy (non-hydrogen) atoms. The molecule has 0 spiro atoms. The van der Waals surface area contributed by atoms with Crippen LogP contribution in [0.4, 0.5) is 0 Å². The summed E-state index contributed by atoms with van der Waals surface area (Å²) in [6.07, 6.45) is 0. The summed E-state index contributed by atoms with van der Waals surface area (Å²) in [7, 11) is 0. The minimum atomic E-state index is 0.167. The Balaban J connectivity index is 0. The van der Waals surface area contributed by atoms with Crippen LogP contribution in [0.3, 0.4) is 0 Å². The van der Waals surface area contributed by atoms with Crippen molar-refractivity contribution in [3.8, 4) is 0 Å². The zero-order valence-electron chi connectivity index (χ0n) is 5.82. The second-order valence-corrected chi connectivity index (χ2v) is 5.84. The summed E-state index contributed by atoms with van der Waals surface area (Å²) in [5, 5.41) is 0. The minimum absolute atomic E-state index is 0.167. The van der Waals surface area contributed by atoms with Crippen LogP contribution in [0.1, 0.15) is 20.8 Å². The predicted octanol–water partition coefficient (Wildman–Crippen LogP) is -0.239. The SMILES string of the molecule is CC(C)=O.C[C](=O)[InH2]. The Labute approximate surface area is 64.2 Å². The first-order valence-corrected chi connectivity index (χ1v) is 5.26. The van der Waals surface area contributed by atoms with E-state index in [9.17, 15) is 9.59 Å². The molecule has 0 aliphatic rings. The molecule has 0 unspecified atom stereocenters. The second-order valence-electron chi connectivity index (χ2n) is 1.82. The van der Waals surface area contributed by atoms with Gasteiger partial charge in [-0.05, 0) is 13.8 Å². The molecule has 0 rings (SSSR count). The van der Waals surface area contributed by atoms with Crippen molar-refractivity contribution >= 4 is 33.7 Å². The zero-order valence-corrected chi connectivity index (χ0v) is 11.5. The van der Waals surface area contributed by atoms with Crippen LogP contribution < -0.4 is 0 Å². The Morgan fingerprint density at radius 2 is 1.12 bits per heavy atom. The van der Waals surface area contributed by atoms with Gasteiger partial charge in [0.2, 0.25) is 0 Å². The van der Waals surface area contributed by atoms with Crippen LogP contribution in [0, 0.1) is 0 Å². The van der Waals surface area contributed by atoms with Crippen LogP contribution >= 0.6 is 0 Å². The Hall–Kier alpha value is 0.210. The van der Waals surface area contributed by atoms with Gasteiger partial charge >= 0.3 is 39.6 Å². The van der Waals surface area contributed by atoms with E-state index in [2.05, 4.69) is 0 Å². The zero-order chi connectivity index (χ0) is 7.15. The number of hydrogen-bond acceptors (Lipinski definition) is 2. The fraction of sp³-hybridized carbons (Fsp3) is 0.600. The van der Waals surface area contributed by atoms with Gasteiger partial charge in [-0.2, -0.15) is 0 Å². The third-order valence-electron chi connectivity index (χ3n) is 0. The first kappa shape index (κ1) is 11.1. The number of carbonyl (C=O) groups excluding carboxylic acids is 2. The van der Waals surface area contributed by atoms with Gasteiger partial charge in [0, 0.05) is 0 Å². The summed E-state index contributed by atoms with van der Waals surface area (Å²) in [5.74, 6) is 0.167. The van der Waals surface area contributed by atoms with Gasteiger partial charge in [0.25, 0.3) is 0 Å². The average Bonchev–Trinajstić information content (AvgIpc) is 1.25. The molecule has 0 N–H and O–H groups in total. The molecule has 0 bridgehead atoms. The summed E-state index contributed by atoms with van der Waals surface area (Å²) < 4.78 is 0.377. The molecule has 0 amide bonds.